The fraction of sp³-hybridized carbons (Fsp3) is 0.333. The van der Waals surface area contributed by atoms with Crippen molar-refractivity contribution in [1.29, 1.82) is 0 Å². The summed E-state index contributed by atoms with van der Waals surface area (Å²) in [6, 6.07) is 16.3. The summed E-state index contributed by atoms with van der Waals surface area (Å²) in [4.78, 5) is 0. The molecule has 0 atom stereocenters. The van der Waals surface area contributed by atoms with E-state index in [-0.39, 0.29) is 5.92 Å². The smallest absolute Gasteiger partial charge is 0.121 e. The van der Waals surface area contributed by atoms with Crippen molar-refractivity contribution < 1.29 is 20.4 Å². The van der Waals surface area contributed by atoms with Crippen LogP contribution >= 0.6 is 0 Å². The quantitative estimate of drug-likeness (QED) is 0.204. The Labute approximate surface area is 239 Å². The molecule has 4 N–H and O–H groups in total. The van der Waals surface area contributed by atoms with E-state index in [1.54, 1.807) is 0 Å². The van der Waals surface area contributed by atoms with E-state index in [0.29, 0.717) is 23.0 Å². The van der Waals surface area contributed by atoms with Gasteiger partial charge in [0.15, 0.2) is 0 Å². The minimum Gasteiger partial charge on any atom is -0.507 e. The third-order valence-corrected chi connectivity index (χ3v) is 7.75. The first-order valence-corrected chi connectivity index (χ1v) is 13.9. The second kappa shape index (κ2) is 12.5. The average molecular weight is 541 g/mol. The molecule has 0 aromatic heterocycles. The van der Waals surface area contributed by atoms with Gasteiger partial charge in [0.1, 0.15) is 23.0 Å². The summed E-state index contributed by atoms with van der Waals surface area (Å²) >= 11 is 0. The van der Waals surface area contributed by atoms with E-state index in [9.17, 15) is 20.4 Å². The largest absolute Gasteiger partial charge is 0.507 e. The molecule has 0 heterocycles. The Hall–Kier alpha value is -3.92. The first kappa shape index (κ1) is 30.6. The molecule has 0 aliphatic heterocycles. The Morgan fingerprint density at radius 2 is 0.650 bits per heavy atom. The zero-order valence-corrected chi connectivity index (χ0v) is 25.4. The predicted octanol–water partition coefficient (Wildman–Crippen LogP) is 8.80. The van der Waals surface area contributed by atoms with Gasteiger partial charge in [0.25, 0.3) is 0 Å². The molecule has 0 radical (unpaired) electrons. The zero-order chi connectivity index (χ0) is 29.9. The monoisotopic (exact) mass is 540 g/mol. The van der Waals surface area contributed by atoms with E-state index in [4.69, 9.17) is 0 Å². The van der Waals surface area contributed by atoms with Gasteiger partial charge in [0.05, 0.1) is 0 Å². The zero-order valence-electron chi connectivity index (χ0n) is 25.4. The van der Waals surface area contributed by atoms with Crippen molar-refractivity contribution >= 4 is 0 Å². The number of phenols is 4. The number of phenolic OH excluding ortho intramolecular Hbond substituents is 4. The van der Waals surface area contributed by atoms with E-state index in [0.717, 1.165) is 57.3 Å². The first-order valence-electron chi connectivity index (χ1n) is 13.9. The van der Waals surface area contributed by atoms with Crippen molar-refractivity contribution in [2.75, 3.05) is 0 Å². The summed E-state index contributed by atoms with van der Waals surface area (Å²) in [5.41, 5.74) is 12.1. The first-order chi connectivity index (χ1) is 18.7. The highest BCUT2D eigenvalue weighted by Gasteiger charge is 2.17. The predicted molar refractivity (Wildman–Crippen MR) is 165 cm³/mol. The summed E-state index contributed by atoms with van der Waals surface area (Å²) in [7, 11) is 0. The molecule has 0 spiro atoms. The van der Waals surface area contributed by atoms with Crippen LogP contribution < -0.4 is 0 Å². The van der Waals surface area contributed by atoms with E-state index >= 15 is 0 Å². The molecular weight excluding hydrogens is 496 g/mol. The molecule has 0 fully saturated rings. The van der Waals surface area contributed by atoms with Gasteiger partial charge in [-0.15, -0.1) is 0 Å². The maximum absolute atomic E-state index is 9.95. The van der Waals surface area contributed by atoms with Crippen molar-refractivity contribution in [2.45, 2.75) is 81.1 Å². The van der Waals surface area contributed by atoms with Crippen molar-refractivity contribution in [2.24, 2.45) is 0 Å². The molecule has 4 rings (SSSR count). The number of aromatic hydroxyl groups is 4. The van der Waals surface area contributed by atoms with Gasteiger partial charge in [-0.25, -0.2) is 0 Å². The Balaban J connectivity index is 0.000000222. The molecule has 0 aliphatic carbocycles. The van der Waals surface area contributed by atoms with Gasteiger partial charge in [-0.05, 0) is 135 Å². The third-order valence-electron chi connectivity index (χ3n) is 7.75. The summed E-state index contributed by atoms with van der Waals surface area (Å²) in [6.45, 7) is 17.6. The number of hydrogen-bond acceptors (Lipinski definition) is 4. The highest BCUT2D eigenvalue weighted by molar-refractivity contribution is 5.49. The second-order valence-corrected chi connectivity index (χ2v) is 11.3. The van der Waals surface area contributed by atoms with Crippen LogP contribution in [-0.4, -0.2) is 20.4 Å². The topological polar surface area (TPSA) is 80.9 Å². The molecule has 4 aromatic carbocycles. The molecule has 4 nitrogen and oxygen atoms in total. The highest BCUT2D eigenvalue weighted by atomic mass is 16.3. The third kappa shape index (κ3) is 6.80. The van der Waals surface area contributed by atoms with Crippen LogP contribution in [0.5, 0.6) is 23.0 Å². The lowest BCUT2D eigenvalue weighted by Crippen LogP contribution is -2.02. The molecule has 40 heavy (non-hydrogen) atoms. The summed E-state index contributed by atoms with van der Waals surface area (Å²) in [6.07, 6.45) is 1.79. The Bertz CT molecular complexity index is 1330. The molecule has 0 amide bonds. The van der Waals surface area contributed by atoms with Crippen molar-refractivity contribution in [3.05, 3.63) is 115 Å². The van der Waals surface area contributed by atoms with E-state index in [1.165, 1.54) is 22.3 Å². The lowest BCUT2D eigenvalue weighted by atomic mass is 9.85. The van der Waals surface area contributed by atoms with E-state index in [1.807, 2.05) is 79.7 Å². The van der Waals surface area contributed by atoms with Gasteiger partial charge in [-0.1, -0.05) is 55.5 Å². The van der Waals surface area contributed by atoms with E-state index in [2.05, 4.69) is 31.2 Å². The summed E-state index contributed by atoms with van der Waals surface area (Å²) in [5.74, 6) is 1.79. The SMILES string of the molecule is CCC(c1cc(C)c(O)c(C)c1)c1cc(C)c(O)c(C)c1.Cc1cc(Cc2cc(C)c(O)c(C)c2)cc(C)c1O. The number of aryl methyl sites for hydroxylation is 8. The van der Waals surface area contributed by atoms with Crippen LogP contribution in [0.25, 0.3) is 0 Å². The van der Waals surface area contributed by atoms with Crippen LogP contribution in [0.15, 0.2) is 48.5 Å². The molecular formula is C36H44O4. The Morgan fingerprint density at radius 3 is 0.875 bits per heavy atom. The normalized spacial score (nSPS) is 10.9. The second-order valence-electron chi connectivity index (χ2n) is 11.3. The maximum atomic E-state index is 9.95. The summed E-state index contributed by atoms with van der Waals surface area (Å²) < 4.78 is 0. The molecule has 0 saturated heterocycles. The average Bonchev–Trinajstić information content (AvgIpc) is 2.88. The van der Waals surface area contributed by atoms with Crippen LogP contribution in [0.1, 0.15) is 86.0 Å². The lowest BCUT2D eigenvalue weighted by Gasteiger charge is -2.20. The Morgan fingerprint density at radius 1 is 0.425 bits per heavy atom. The minimum absolute atomic E-state index is 0.279. The van der Waals surface area contributed by atoms with Gasteiger partial charge in [0, 0.05) is 5.92 Å². The van der Waals surface area contributed by atoms with Crippen molar-refractivity contribution in [3.63, 3.8) is 0 Å². The molecule has 4 heteroatoms. The van der Waals surface area contributed by atoms with Crippen molar-refractivity contribution in [1.82, 2.24) is 0 Å². The van der Waals surface area contributed by atoms with Gasteiger partial charge < -0.3 is 20.4 Å². The van der Waals surface area contributed by atoms with Crippen molar-refractivity contribution in [3.8, 4) is 23.0 Å². The van der Waals surface area contributed by atoms with Gasteiger partial charge in [-0.2, -0.15) is 0 Å². The fourth-order valence-electron chi connectivity index (χ4n) is 5.58. The molecule has 212 valence electrons. The van der Waals surface area contributed by atoms with Gasteiger partial charge in [-0.3, -0.25) is 0 Å². The molecule has 0 unspecified atom stereocenters. The standard InChI is InChI=1S/C19H24O2.C17H20O2/c1-6-17(15-7-11(2)18(20)12(3)8-15)16-9-13(4)19(21)14(5)10-16;1-10-5-14(6-11(2)16(10)18)9-15-7-12(3)17(19)13(4)8-15/h7-10,17,20-21H,6H2,1-5H3;5-8,18-19H,9H2,1-4H3. The molecule has 4 aromatic rings. The van der Waals surface area contributed by atoms with Crippen LogP contribution in [0.4, 0.5) is 0 Å². The van der Waals surface area contributed by atoms with Crippen LogP contribution in [0.3, 0.4) is 0 Å². The number of hydrogen-bond donors (Lipinski definition) is 4. The van der Waals surface area contributed by atoms with Gasteiger partial charge >= 0.3 is 0 Å². The molecule has 0 bridgehead atoms. The van der Waals surface area contributed by atoms with Crippen LogP contribution in [0, 0.1) is 55.4 Å². The lowest BCUT2D eigenvalue weighted by molar-refractivity contribution is 0.465. The number of benzene rings is 4. The van der Waals surface area contributed by atoms with Crippen LogP contribution in [-0.2, 0) is 6.42 Å². The number of rotatable bonds is 5. The summed E-state index contributed by atoms with van der Waals surface area (Å²) in [5, 5.41) is 39.5. The minimum atomic E-state index is 0.279. The van der Waals surface area contributed by atoms with E-state index < -0.39 is 0 Å². The fourth-order valence-corrected chi connectivity index (χ4v) is 5.58. The van der Waals surface area contributed by atoms with Crippen LogP contribution in [0.2, 0.25) is 0 Å². The maximum Gasteiger partial charge on any atom is 0.121 e. The Kier molecular flexibility index (Phi) is 9.57. The molecule has 0 aliphatic rings. The molecule has 0 saturated carbocycles. The van der Waals surface area contributed by atoms with Gasteiger partial charge in [0.2, 0.25) is 0 Å². The highest BCUT2D eigenvalue weighted by Crippen LogP contribution is 2.35.